The van der Waals surface area contributed by atoms with Crippen molar-refractivity contribution in [3.63, 3.8) is 0 Å². The molecule has 0 spiro atoms. The van der Waals surface area contributed by atoms with E-state index < -0.39 is 0 Å². The molecule has 0 aliphatic carbocycles. The van der Waals surface area contributed by atoms with E-state index in [1.54, 1.807) is 16.0 Å². The van der Waals surface area contributed by atoms with Gasteiger partial charge >= 0.3 is 0 Å². The predicted octanol–water partition coefficient (Wildman–Crippen LogP) is 2.87. The average molecular weight is 361 g/mol. The molecule has 0 atom stereocenters. The Morgan fingerprint density at radius 1 is 1.19 bits per heavy atom. The van der Waals surface area contributed by atoms with Gasteiger partial charge in [0.2, 0.25) is 0 Å². The molecule has 26 heavy (non-hydrogen) atoms. The van der Waals surface area contributed by atoms with Gasteiger partial charge in [0.15, 0.2) is 5.82 Å². The van der Waals surface area contributed by atoms with E-state index in [9.17, 15) is 0 Å². The lowest BCUT2D eigenvalue weighted by atomic mass is 10.1. The van der Waals surface area contributed by atoms with E-state index in [4.69, 9.17) is 15.2 Å². The number of fused-ring (bicyclic) bond motifs is 1. The quantitative estimate of drug-likeness (QED) is 0.556. The first-order valence-corrected chi connectivity index (χ1v) is 8.84. The first kappa shape index (κ1) is 16.3. The van der Waals surface area contributed by atoms with Crippen molar-refractivity contribution in [1.82, 2.24) is 29.6 Å². The molecule has 0 saturated carbocycles. The zero-order chi connectivity index (χ0) is 18.1. The van der Waals surface area contributed by atoms with Crippen molar-refractivity contribution in [3.8, 4) is 23.0 Å². The molecule has 4 aromatic rings. The molecule has 0 unspecified atom stereocenters. The Balaban J connectivity index is 1.98. The van der Waals surface area contributed by atoms with Crippen molar-refractivity contribution in [3.05, 3.63) is 53.7 Å². The summed E-state index contributed by atoms with van der Waals surface area (Å²) in [7, 11) is 3.95. The van der Waals surface area contributed by atoms with E-state index in [1.807, 2.05) is 43.3 Å². The van der Waals surface area contributed by atoms with Gasteiger partial charge in [-0.25, -0.2) is 19.6 Å². The highest BCUT2D eigenvalue weighted by molar-refractivity contribution is 7.17. The molecule has 0 aliphatic heterocycles. The first-order chi connectivity index (χ1) is 12.7. The molecule has 7 nitrogen and oxygen atoms in total. The minimum Gasteiger partial charge on any atom is -0.302 e. The number of nitriles is 1. The maximum absolute atomic E-state index is 9.05. The fraction of sp³-hybridized carbons (Fsp3) is 0.167. The lowest BCUT2D eigenvalue weighted by Gasteiger charge is -2.11. The fourth-order valence-corrected chi connectivity index (χ4v) is 3.69. The van der Waals surface area contributed by atoms with Gasteiger partial charge < -0.3 is 4.90 Å². The monoisotopic (exact) mass is 361 g/mol. The molecule has 0 amide bonds. The Morgan fingerprint density at radius 2 is 2.00 bits per heavy atom. The molecule has 0 N–H and O–H groups in total. The second-order valence-electron chi connectivity index (χ2n) is 6.02. The zero-order valence-electron chi connectivity index (χ0n) is 14.3. The van der Waals surface area contributed by atoms with E-state index in [1.165, 1.54) is 6.33 Å². The summed E-state index contributed by atoms with van der Waals surface area (Å²) in [6.45, 7) is 0.612. The molecule has 1 aromatic carbocycles. The summed E-state index contributed by atoms with van der Waals surface area (Å²) in [5.41, 5.74) is 2.13. The van der Waals surface area contributed by atoms with Crippen LogP contribution >= 0.6 is 11.3 Å². The minimum atomic E-state index is 0.113. The molecule has 0 bridgehead atoms. The number of rotatable bonds is 4. The van der Waals surface area contributed by atoms with Gasteiger partial charge in [0, 0.05) is 10.9 Å². The molecule has 8 heteroatoms. The Labute approximate surface area is 154 Å². The average Bonchev–Trinajstić information content (AvgIpc) is 3.28. The largest absolute Gasteiger partial charge is 0.302 e. The SMILES string of the molecule is CN(C)Cc1nc(-n2cnc(C#N)n2)c2c(-c3ccccc3)csc2n1. The van der Waals surface area contributed by atoms with Crippen LogP contribution in [0, 0.1) is 11.3 Å². The van der Waals surface area contributed by atoms with Crippen LogP contribution in [0.15, 0.2) is 42.0 Å². The molecular formula is C18H15N7S. The number of thiophene rings is 1. The van der Waals surface area contributed by atoms with Crippen molar-refractivity contribution in [2.75, 3.05) is 14.1 Å². The third-order valence-corrected chi connectivity index (χ3v) is 4.68. The highest BCUT2D eigenvalue weighted by atomic mass is 32.1. The van der Waals surface area contributed by atoms with Crippen LogP contribution in [0.4, 0.5) is 0 Å². The second kappa shape index (κ2) is 6.63. The summed E-state index contributed by atoms with van der Waals surface area (Å²) >= 11 is 1.58. The zero-order valence-corrected chi connectivity index (χ0v) is 15.1. The Morgan fingerprint density at radius 3 is 2.69 bits per heavy atom. The van der Waals surface area contributed by atoms with Crippen LogP contribution in [0.2, 0.25) is 0 Å². The van der Waals surface area contributed by atoms with E-state index in [-0.39, 0.29) is 5.82 Å². The number of benzene rings is 1. The van der Waals surface area contributed by atoms with Gasteiger partial charge in [-0.15, -0.1) is 16.4 Å². The third-order valence-electron chi connectivity index (χ3n) is 3.81. The number of hydrogen-bond donors (Lipinski definition) is 0. The summed E-state index contributed by atoms with van der Waals surface area (Å²) in [6.07, 6.45) is 1.52. The Kier molecular flexibility index (Phi) is 4.16. The standard InChI is InChI=1S/C18H15N7S/c1-24(2)9-15-21-17(25-11-20-14(8-19)23-25)16-13(10-26-18(16)22-15)12-6-4-3-5-7-12/h3-7,10-11H,9H2,1-2H3. The molecule has 0 radical (unpaired) electrons. The summed E-state index contributed by atoms with van der Waals surface area (Å²) in [4.78, 5) is 16.4. The smallest absolute Gasteiger partial charge is 0.252 e. The van der Waals surface area contributed by atoms with Crippen LogP contribution in [-0.4, -0.2) is 43.7 Å². The van der Waals surface area contributed by atoms with Gasteiger partial charge in [-0.2, -0.15) is 5.26 Å². The maximum Gasteiger partial charge on any atom is 0.252 e. The van der Waals surface area contributed by atoms with Crippen molar-refractivity contribution in [2.24, 2.45) is 0 Å². The lowest BCUT2D eigenvalue weighted by molar-refractivity contribution is 0.391. The molecule has 4 rings (SSSR count). The van der Waals surface area contributed by atoms with Crippen LogP contribution in [-0.2, 0) is 6.54 Å². The molecule has 0 aliphatic rings. The topological polar surface area (TPSA) is 83.5 Å². The normalized spacial score (nSPS) is 11.2. The summed E-state index contributed by atoms with van der Waals surface area (Å²) in [6, 6.07) is 12.1. The van der Waals surface area contributed by atoms with E-state index in [0.717, 1.165) is 21.3 Å². The van der Waals surface area contributed by atoms with Gasteiger partial charge in [0.05, 0.1) is 11.9 Å². The van der Waals surface area contributed by atoms with E-state index in [2.05, 4.69) is 27.6 Å². The molecule has 0 saturated heterocycles. The van der Waals surface area contributed by atoms with Crippen LogP contribution < -0.4 is 0 Å². The summed E-state index contributed by atoms with van der Waals surface area (Å²) in [5.74, 6) is 1.45. The predicted molar refractivity (Wildman–Crippen MR) is 99.9 cm³/mol. The molecular weight excluding hydrogens is 346 g/mol. The van der Waals surface area contributed by atoms with Crippen LogP contribution in [0.1, 0.15) is 11.6 Å². The van der Waals surface area contributed by atoms with Gasteiger partial charge in [-0.1, -0.05) is 30.3 Å². The highest BCUT2D eigenvalue weighted by Crippen LogP contribution is 2.36. The Bertz CT molecular complexity index is 1110. The third kappa shape index (κ3) is 2.94. The van der Waals surface area contributed by atoms with Gasteiger partial charge in [0.1, 0.15) is 23.1 Å². The van der Waals surface area contributed by atoms with E-state index in [0.29, 0.717) is 18.2 Å². The van der Waals surface area contributed by atoms with Crippen molar-refractivity contribution in [1.29, 1.82) is 5.26 Å². The van der Waals surface area contributed by atoms with Crippen molar-refractivity contribution < 1.29 is 0 Å². The first-order valence-electron chi connectivity index (χ1n) is 7.96. The maximum atomic E-state index is 9.05. The van der Waals surface area contributed by atoms with Crippen LogP contribution in [0.5, 0.6) is 0 Å². The lowest BCUT2D eigenvalue weighted by Crippen LogP contribution is -2.14. The second-order valence-corrected chi connectivity index (χ2v) is 6.88. The van der Waals surface area contributed by atoms with E-state index >= 15 is 0 Å². The highest BCUT2D eigenvalue weighted by Gasteiger charge is 2.18. The molecule has 0 fully saturated rings. The molecule has 128 valence electrons. The summed E-state index contributed by atoms with van der Waals surface area (Å²) in [5, 5.41) is 16.3. The van der Waals surface area contributed by atoms with Crippen LogP contribution in [0.3, 0.4) is 0 Å². The number of aromatic nitrogens is 5. The van der Waals surface area contributed by atoms with Crippen LogP contribution in [0.25, 0.3) is 27.2 Å². The molecule has 3 heterocycles. The summed E-state index contributed by atoms with van der Waals surface area (Å²) < 4.78 is 1.56. The van der Waals surface area contributed by atoms with Gasteiger partial charge in [-0.3, -0.25) is 0 Å². The number of hydrogen-bond acceptors (Lipinski definition) is 7. The van der Waals surface area contributed by atoms with Gasteiger partial charge in [-0.05, 0) is 19.7 Å². The van der Waals surface area contributed by atoms with Gasteiger partial charge in [0.25, 0.3) is 5.82 Å². The van der Waals surface area contributed by atoms with Crippen molar-refractivity contribution >= 4 is 21.6 Å². The minimum absolute atomic E-state index is 0.113. The Hall–Kier alpha value is -3.15. The molecule has 3 aromatic heterocycles. The number of nitrogens with zero attached hydrogens (tertiary/aromatic N) is 7. The van der Waals surface area contributed by atoms with Crippen molar-refractivity contribution in [2.45, 2.75) is 6.54 Å². The fourth-order valence-electron chi connectivity index (χ4n) is 2.73.